The van der Waals surface area contributed by atoms with E-state index in [1.54, 1.807) is 0 Å². The molecule has 0 amide bonds. The molecule has 0 radical (unpaired) electrons. The van der Waals surface area contributed by atoms with Gasteiger partial charge in [0.2, 0.25) is 0 Å². The molecule has 0 heterocycles. The molecule has 106 valence electrons. The molecule has 0 saturated heterocycles. The Kier molecular flexibility index (Phi) is 9.05. The van der Waals surface area contributed by atoms with Gasteiger partial charge in [-0.3, -0.25) is 0 Å². The van der Waals surface area contributed by atoms with E-state index < -0.39 is 0 Å². The number of unbranched alkanes of at least 4 members (excludes halogenated alkanes) is 1. The van der Waals surface area contributed by atoms with Crippen LogP contribution in [0.1, 0.15) is 46.5 Å². The van der Waals surface area contributed by atoms with Gasteiger partial charge < -0.3 is 9.80 Å². The Labute approximate surface area is 114 Å². The van der Waals surface area contributed by atoms with Crippen LogP contribution in [0.15, 0.2) is 0 Å². The average Bonchev–Trinajstić information content (AvgIpc) is 2.31. The Hall–Kier alpha value is -0.590. The summed E-state index contributed by atoms with van der Waals surface area (Å²) in [4.78, 5) is 4.78. The van der Waals surface area contributed by atoms with Crippen molar-refractivity contribution in [1.82, 2.24) is 9.80 Å². The van der Waals surface area contributed by atoms with E-state index in [-0.39, 0.29) is 5.41 Å². The molecular weight excluding hydrogens is 222 g/mol. The summed E-state index contributed by atoms with van der Waals surface area (Å²) in [6.45, 7) is 10.9. The van der Waals surface area contributed by atoms with Gasteiger partial charge in [-0.05, 0) is 60.3 Å². The molecule has 0 atom stereocenters. The second-order valence-electron chi connectivity index (χ2n) is 6.10. The third-order valence-electron chi connectivity index (χ3n) is 3.23. The summed E-state index contributed by atoms with van der Waals surface area (Å²) in [5, 5.41) is 8.97. The molecule has 0 spiro atoms. The zero-order valence-electron chi connectivity index (χ0n) is 13.0. The minimum atomic E-state index is -0.154. The van der Waals surface area contributed by atoms with Gasteiger partial charge in [0, 0.05) is 13.1 Å². The SMILES string of the molecule is CCCN(CCCCC(C)(C)C#N)CCN(C)C. The summed E-state index contributed by atoms with van der Waals surface area (Å²) in [6, 6.07) is 2.37. The molecule has 0 aliphatic carbocycles. The van der Waals surface area contributed by atoms with Crippen molar-refractivity contribution >= 4 is 0 Å². The van der Waals surface area contributed by atoms with Crippen LogP contribution in [-0.4, -0.2) is 50.1 Å². The zero-order chi connectivity index (χ0) is 14.0. The van der Waals surface area contributed by atoms with Gasteiger partial charge in [0.1, 0.15) is 0 Å². The number of hydrogen-bond donors (Lipinski definition) is 0. The van der Waals surface area contributed by atoms with Gasteiger partial charge in [0.05, 0.1) is 11.5 Å². The van der Waals surface area contributed by atoms with E-state index in [0.29, 0.717) is 0 Å². The van der Waals surface area contributed by atoms with Crippen molar-refractivity contribution in [2.75, 3.05) is 40.3 Å². The second kappa shape index (κ2) is 9.35. The van der Waals surface area contributed by atoms with Gasteiger partial charge in [-0.1, -0.05) is 13.3 Å². The highest BCUT2D eigenvalue weighted by molar-refractivity contribution is 4.91. The monoisotopic (exact) mass is 253 g/mol. The summed E-state index contributed by atoms with van der Waals surface area (Å²) in [6.07, 6.45) is 4.59. The van der Waals surface area contributed by atoms with Crippen molar-refractivity contribution in [3.8, 4) is 6.07 Å². The molecular formula is C15H31N3. The lowest BCUT2D eigenvalue weighted by molar-refractivity contribution is 0.234. The summed E-state index contributed by atoms with van der Waals surface area (Å²) in [5.74, 6) is 0. The number of hydrogen-bond acceptors (Lipinski definition) is 3. The standard InChI is InChI=1S/C15H31N3/c1-6-10-18(13-12-17(4)5)11-8-7-9-15(2,3)14-16/h6-13H2,1-5H3. The normalized spacial score (nSPS) is 12.1. The lowest BCUT2D eigenvalue weighted by Crippen LogP contribution is -2.33. The fourth-order valence-electron chi connectivity index (χ4n) is 1.95. The molecule has 0 N–H and O–H groups in total. The minimum absolute atomic E-state index is 0.154. The van der Waals surface area contributed by atoms with Gasteiger partial charge >= 0.3 is 0 Å². The van der Waals surface area contributed by atoms with Gasteiger partial charge in [-0.2, -0.15) is 5.26 Å². The summed E-state index contributed by atoms with van der Waals surface area (Å²) in [7, 11) is 4.25. The van der Waals surface area contributed by atoms with Crippen LogP contribution in [0, 0.1) is 16.7 Å². The van der Waals surface area contributed by atoms with Crippen LogP contribution in [0.5, 0.6) is 0 Å². The maximum atomic E-state index is 8.97. The van der Waals surface area contributed by atoms with Gasteiger partial charge in [0.15, 0.2) is 0 Å². The Morgan fingerprint density at radius 1 is 1.00 bits per heavy atom. The molecule has 3 heteroatoms. The van der Waals surface area contributed by atoms with E-state index in [9.17, 15) is 0 Å². The molecule has 0 fully saturated rings. The second-order valence-corrected chi connectivity index (χ2v) is 6.10. The Balaban J connectivity index is 3.80. The third-order valence-corrected chi connectivity index (χ3v) is 3.23. The molecule has 0 saturated carbocycles. The van der Waals surface area contributed by atoms with Crippen LogP contribution >= 0.6 is 0 Å². The van der Waals surface area contributed by atoms with Crippen LogP contribution in [-0.2, 0) is 0 Å². The molecule has 0 aromatic heterocycles. The van der Waals surface area contributed by atoms with Gasteiger partial charge in [0.25, 0.3) is 0 Å². The highest BCUT2D eigenvalue weighted by Crippen LogP contribution is 2.21. The molecule has 0 unspecified atom stereocenters. The lowest BCUT2D eigenvalue weighted by Gasteiger charge is -2.24. The van der Waals surface area contributed by atoms with E-state index in [1.165, 1.54) is 25.9 Å². The van der Waals surface area contributed by atoms with Crippen LogP contribution in [0.2, 0.25) is 0 Å². The van der Waals surface area contributed by atoms with Crippen molar-refractivity contribution in [2.24, 2.45) is 5.41 Å². The number of rotatable bonds is 10. The smallest absolute Gasteiger partial charge is 0.0683 e. The predicted octanol–water partition coefficient (Wildman–Crippen LogP) is 2.98. The first-order chi connectivity index (χ1) is 8.41. The summed E-state index contributed by atoms with van der Waals surface area (Å²) >= 11 is 0. The molecule has 0 bridgehead atoms. The topological polar surface area (TPSA) is 30.3 Å². The number of nitriles is 1. The predicted molar refractivity (Wildman–Crippen MR) is 78.5 cm³/mol. The van der Waals surface area contributed by atoms with E-state index in [0.717, 1.165) is 25.9 Å². The first kappa shape index (κ1) is 17.4. The maximum absolute atomic E-state index is 8.97. The lowest BCUT2D eigenvalue weighted by atomic mass is 9.89. The Morgan fingerprint density at radius 3 is 2.17 bits per heavy atom. The Morgan fingerprint density at radius 2 is 1.67 bits per heavy atom. The molecule has 0 aliphatic rings. The molecule has 0 rings (SSSR count). The molecule has 0 aromatic rings. The zero-order valence-corrected chi connectivity index (χ0v) is 13.0. The van der Waals surface area contributed by atoms with E-state index >= 15 is 0 Å². The minimum Gasteiger partial charge on any atom is -0.308 e. The first-order valence-corrected chi connectivity index (χ1v) is 7.19. The molecule has 0 aliphatic heterocycles. The summed E-state index contributed by atoms with van der Waals surface area (Å²) < 4.78 is 0. The quantitative estimate of drug-likeness (QED) is 0.561. The molecule has 3 nitrogen and oxygen atoms in total. The van der Waals surface area contributed by atoms with Crippen LogP contribution in [0.4, 0.5) is 0 Å². The highest BCUT2D eigenvalue weighted by atomic mass is 15.2. The maximum Gasteiger partial charge on any atom is 0.0683 e. The van der Waals surface area contributed by atoms with Crippen LogP contribution < -0.4 is 0 Å². The van der Waals surface area contributed by atoms with Crippen LogP contribution in [0.25, 0.3) is 0 Å². The Bertz CT molecular complexity index is 241. The van der Waals surface area contributed by atoms with Crippen LogP contribution in [0.3, 0.4) is 0 Å². The van der Waals surface area contributed by atoms with Crippen molar-refractivity contribution in [3.05, 3.63) is 0 Å². The highest BCUT2D eigenvalue weighted by Gasteiger charge is 2.15. The average molecular weight is 253 g/mol. The van der Waals surface area contributed by atoms with Gasteiger partial charge in [-0.15, -0.1) is 0 Å². The van der Waals surface area contributed by atoms with Gasteiger partial charge in [-0.25, -0.2) is 0 Å². The van der Waals surface area contributed by atoms with E-state index in [2.05, 4.69) is 36.9 Å². The largest absolute Gasteiger partial charge is 0.308 e. The summed E-state index contributed by atoms with van der Waals surface area (Å²) in [5.41, 5.74) is -0.154. The molecule has 18 heavy (non-hydrogen) atoms. The molecule has 0 aromatic carbocycles. The fraction of sp³-hybridized carbons (Fsp3) is 0.933. The number of likely N-dealkylation sites (N-methyl/N-ethyl adjacent to an activating group) is 1. The van der Waals surface area contributed by atoms with Crippen molar-refractivity contribution < 1.29 is 0 Å². The first-order valence-electron chi connectivity index (χ1n) is 7.19. The van der Waals surface area contributed by atoms with E-state index in [4.69, 9.17) is 5.26 Å². The van der Waals surface area contributed by atoms with Crippen molar-refractivity contribution in [2.45, 2.75) is 46.5 Å². The van der Waals surface area contributed by atoms with Crippen molar-refractivity contribution in [1.29, 1.82) is 5.26 Å². The van der Waals surface area contributed by atoms with Crippen molar-refractivity contribution in [3.63, 3.8) is 0 Å². The number of nitrogens with zero attached hydrogens (tertiary/aromatic N) is 3. The fourth-order valence-corrected chi connectivity index (χ4v) is 1.95. The third kappa shape index (κ3) is 9.44. The van der Waals surface area contributed by atoms with E-state index in [1.807, 2.05) is 13.8 Å².